The molecule has 3 unspecified atom stereocenters. The molecule has 65 heavy (non-hydrogen) atoms. The first-order chi connectivity index (χ1) is 31.5. The van der Waals surface area contributed by atoms with Crippen molar-refractivity contribution < 1.29 is 32.9 Å². The van der Waals surface area contributed by atoms with Gasteiger partial charge >= 0.3 is 0 Å². The average Bonchev–Trinajstić information content (AvgIpc) is 3.26. The fraction of sp³-hybridized carbons (Fsp3) is 0.946. The Hall–Kier alpha value is -0.760. The Kier molecular flexibility index (Phi) is 47.7. The van der Waals surface area contributed by atoms with Crippen LogP contribution in [0.25, 0.3) is 0 Å². The molecule has 0 saturated heterocycles. The monoisotopic (exact) mass is 941 g/mol. The van der Waals surface area contributed by atoms with Crippen molar-refractivity contribution in [1.82, 2.24) is 5.32 Å². The summed E-state index contributed by atoms with van der Waals surface area (Å²) in [6, 6.07) is -0.802. The van der Waals surface area contributed by atoms with E-state index in [0.717, 1.165) is 51.4 Å². The summed E-state index contributed by atoms with van der Waals surface area (Å²) in [5, 5.41) is 14.0. The second-order valence-electron chi connectivity index (χ2n) is 21.0. The third-order valence-electron chi connectivity index (χ3n) is 13.3. The Labute approximate surface area is 405 Å². The molecule has 0 aliphatic rings. The number of phosphoric acid groups is 1. The number of aliphatic hydroxyl groups excluding tert-OH is 1. The summed E-state index contributed by atoms with van der Waals surface area (Å²) in [4.78, 5) is 25.5. The molecule has 0 spiro atoms. The Bertz CT molecular complexity index is 1070. The van der Waals surface area contributed by atoms with Crippen LogP contribution >= 0.6 is 7.82 Å². The third kappa shape index (κ3) is 50.9. The first-order valence-electron chi connectivity index (χ1n) is 28.5. The molecule has 0 heterocycles. The number of allylic oxidation sites excluding steroid dienone is 2. The van der Waals surface area contributed by atoms with Gasteiger partial charge in [0.05, 0.1) is 39.9 Å². The molecule has 3 atom stereocenters. The summed E-state index contributed by atoms with van der Waals surface area (Å²) in [6.45, 7) is 4.75. The Morgan fingerprint density at radius 3 is 1.20 bits per heavy atom. The Morgan fingerprint density at radius 1 is 0.523 bits per heavy atom. The van der Waals surface area contributed by atoms with E-state index >= 15 is 0 Å². The second-order valence-corrected chi connectivity index (χ2v) is 22.4. The van der Waals surface area contributed by atoms with Crippen LogP contribution in [0.3, 0.4) is 0 Å². The van der Waals surface area contributed by atoms with Gasteiger partial charge in [0.2, 0.25) is 5.91 Å². The lowest BCUT2D eigenvalue weighted by Crippen LogP contribution is -2.46. The zero-order chi connectivity index (χ0) is 47.8. The molecule has 0 aliphatic carbocycles. The highest BCUT2D eigenvalue weighted by Crippen LogP contribution is 2.38. The lowest BCUT2D eigenvalue weighted by molar-refractivity contribution is -0.870. The van der Waals surface area contributed by atoms with Gasteiger partial charge in [-0.15, -0.1) is 0 Å². The fourth-order valence-electron chi connectivity index (χ4n) is 8.74. The van der Waals surface area contributed by atoms with Crippen molar-refractivity contribution in [3.05, 3.63) is 12.2 Å². The molecule has 0 saturated carbocycles. The summed E-state index contributed by atoms with van der Waals surface area (Å²) in [7, 11) is 1.31. The summed E-state index contributed by atoms with van der Waals surface area (Å²) in [5.41, 5.74) is 0. The van der Waals surface area contributed by atoms with Crippen LogP contribution in [-0.2, 0) is 18.4 Å². The smallest absolute Gasteiger partial charge is 0.268 e. The van der Waals surface area contributed by atoms with E-state index in [1.165, 1.54) is 212 Å². The fourth-order valence-corrected chi connectivity index (χ4v) is 9.47. The predicted molar refractivity (Wildman–Crippen MR) is 279 cm³/mol. The second kappa shape index (κ2) is 48.3. The van der Waals surface area contributed by atoms with Crippen molar-refractivity contribution in [2.45, 2.75) is 302 Å². The largest absolute Gasteiger partial charge is 0.756 e. The van der Waals surface area contributed by atoms with E-state index in [9.17, 15) is 19.4 Å². The van der Waals surface area contributed by atoms with Gasteiger partial charge in [0.25, 0.3) is 7.82 Å². The maximum Gasteiger partial charge on any atom is 0.268 e. The highest BCUT2D eigenvalue weighted by Gasteiger charge is 2.24. The SMILES string of the molecule is CCCCCCCCC/C=C\CCCCCCCC(=O)NC(COP(=O)([O-])OCC[N+](C)(C)C)C(O)CCCCCCCCCCCCCCCCCCCCCCCCCCCCC. The molecular formula is C56H113N2O6P. The summed E-state index contributed by atoms with van der Waals surface area (Å²) in [6.07, 6.45) is 58.2. The molecule has 0 aromatic rings. The quantitative estimate of drug-likeness (QED) is 0.0272. The summed E-state index contributed by atoms with van der Waals surface area (Å²) in [5.74, 6) is -0.169. The van der Waals surface area contributed by atoms with Crippen LogP contribution in [0, 0.1) is 0 Å². The number of nitrogens with one attached hydrogen (secondary N) is 1. The van der Waals surface area contributed by atoms with Gasteiger partial charge in [0.15, 0.2) is 0 Å². The van der Waals surface area contributed by atoms with Crippen molar-refractivity contribution in [2.24, 2.45) is 0 Å². The number of carbonyl (C=O) groups is 1. The molecule has 0 radical (unpaired) electrons. The van der Waals surface area contributed by atoms with E-state index in [1.807, 2.05) is 21.1 Å². The number of amides is 1. The van der Waals surface area contributed by atoms with E-state index in [1.54, 1.807) is 0 Å². The molecule has 0 aromatic heterocycles. The molecule has 0 bridgehead atoms. The average molecular weight is 942 g/mol. The van der Waals surface area contributed by atoms with Crippen LogP contribution in [-0.4, -0.2) is 68.5 Å². The van der Waals surface area contributed by atoms with E-state index < -0.39 is 20.0 Å². The molecule has 9 heteroatoms. The molecule has 8 nitrogen and oxygen atoms in total. The number of likely N-dealkylation sites (N-methyl/N-ethyl adjacent to an activating group) is 1. The van der Waals surface area contributed by atoms with Gasteiger partial charge in [-0.1, -0.05) is 257 Å². The molecular weight excluding hydrogens is 828 g/mol. The minimum Gasteiger partial charge on any atom is -0.756 e. The van der Waals surface area contributed by atoms with Gasteiger partial charge in [-0.05, 0) is 38.5 Å². The molecule has 0 fully saturated rings. The Morgan fingerprint density at radius 2 is 0.846 bits per heavy atom. The maximum absolute atomic E-state index is 12.9. The van der Waals surface area contributed by atoms with Crippen molar-refractivity contribution in [3.8, 4) is 0 Å². The normalized spacial score (nSPS) is 14.0. The predicted octanol–water partition coefficient (Wildman–Crippen LogP) is 16.4. The first kappa shape index (κ1) is 64.2. The van der Waals surface area contributed by atoms with Crippen LogP contribution < -0.4 is 10.2 Å². The van der Waals surface area contributed by atoms with Gasteiger partial charge in [0.1, 0.15) is 13.2 Å². The van der Waals surface area contributed by atoms with Gasteiger partial charge in [-0.3, -0.25) is 9.36 Å². The number of rotatable bonds is 53. The molecule has 0 aromatic carbocycles. The highest BCUT2D eigenvalue weighted by molar-refractivity contribution is 7.45. The number of carbonyl (C=O) groups excluding carboxylic acids is 1. The third-order valence-corrected chi connectivity index (χ3v) is 14.2. The van der Waals surface area contributed by atoms with Gasteiger partial charge in [-0.25, -0.2) is 0 Å². The number of quaternary nitrogens is 1. The number of phosphoric ester groups is 1. The van der Waals surface area contributed by atoms with E-state index in [4.69, 9.17) is 9.05 Å². The van der Waals surface area contributed by atoms with Crippen molar-refractivity contribution in [2.75, 3.05) is 40.9 Å². The lowest BCUT2D eigenvalue weighted by atomic mass is 10.0. The van der Waals surface area contributed by atoms with Gasteiger partial charge < -0.3 is 28.8 Å². The topological polar surface area (TPSA) is 108 Å². The van der Waals surface area contributed by atoms with Gasteiger partial charge in [0, 0.05) is 6.42 Å². The number of hydrogen-bond acceptors (Lipinski definition) is 6. The number of nitrogens with zero attached hydrogens (tertiary/aromatic N) is 1. The minimum atomic E-state index is -4.57. The maximum atomic E-state index is 12.9. The van der Waals surface area contributed by atoms with Crippen LogP contribution in [0.1, 0.15) is 290 Å². The molecule has 0 rings (SSSR count). The lowest BCUT2D eigenvalue weighted by Gasteiger charge is -2.30. The zero-order valence-electron chi connectivity index (χ0n) is 44.2. The molecule has 388 valence electrons. The van der Waals surface area contributed by atoms with E-state index in [2.05, 4.69) is 31.3 Å². The minimum absolute atomic E-state index is 0.0129. The number of hydrogen-bond donors (Lipinski definition) is 2. The Balaban J connectivity index is 4.11. The first-order valence-corrected chi connectivity index (χ1v) is 30.0. The number of aliphatic hydroxyl groups is 1. The number of unbranched alkanes of at least 4 members (excludes halogenated alkanes) is 38. The molecule has 1 amide bonds. The van der Waals surface area contributed by atoms with Crippen molar-refractivity contribution >= 4 is 13.7 Å². The van der Waals surface area contributed by atoms with Crippen LogP contribution in [0.4, 0.5) is 0 Å². The van der Waals surface area contributed by atoms with Gasteiger partial charge in [-0.2, -0.15) is 0 Å². The van der Waals surface area contributed by atoms with E-state index in [-0.39, 0.29) is 19.1 Å². The van der Waals surface area contributed by atoms with Crippen LogP contribution in [0.2, 0.25) is 0 Å². The molecule has 2 N–H and O–H groups in total. The summed E-state index contributed by atoms with van der Waals surface area (Å²) < 4.78 is 23.4. The van der Waals surface area contributed by atoms with Crippen molar-refractivity contribution in [3.63, 3.8) is 0 Å². The highest BCUT2D eigenvalue weighted by atomic mass is 31.2. The van der Waals surface area contributed by atoms with Crippen LogP contribution in [0.5, 0.6) is 0 Å². The standard InChI is InChI=1S/C56H113N2O6P/c1-6-8-10-12-14-16-18-20-22-24-25-26-27-28-29-30-31-32-33-34-35-37-39-41-43-45-47-49-55(59)54(53-64-65(61,62)63-52-51-58(3,4)5)57-56(60)50-48-46-44-42-40-38-36-23-21-19-17-15-13-11-9-7-2/h23,36,54-55,59H,6-22,24-35,37-53H2,1-5H3,(H-,57,60,61,62)/b36-23-. The summed E-state index contributed by atoms with van der Waals surface area (Å²) >= 11 is 0. The van der Waals surface area contributed by atoms with E-state index in [0.29, 0.717) is 23.9 Å². The van der Waals surface area contributed by atoms with Crippen LogP contribution in [0.15, 0.2) is 12.2 Å². The zero-order valence-corrected chi connectivity index (χ0v) is 45.1. The molecule has 0 aliphatic heterocycles. The van der Waals surface area contributed by atoms with Crippen molar-refractivity contribution in [1.29, 1.82) is 0 Å².